The number of aromatic nitrogens is 3. The van der Waals surface area contributed by atoms with Crippen LogP contribution in [-0.4, -0.2) is 26.2 Å². The Kier molecular flexibility index (Phi) is 5.28. The van der Waals surface area contributed by atoms with Gasteiger partial charge in [0, 0.05) is 22.8 Å². The van der Waals surface area contributed by atoms with Gasteiger partial charge in [0.15, 0.2) is 0 Å². The lowest BCUT2D eigenvalue weighted by molar-refractivity contribution is -0.137. The molecule has 2 N–H and O–H groups in total. The highest BCUT2D eigenvalue weighted by atomic mass is 35.5. The van der Waals surface area contributed by atoms with Crippen LogP contribution in [0.1, 0.15) is 11.1 Å². The van der Waals surface area contributed by atoms with E-state index in [9.17, 15) is 23.1 Å². The number of hydrogen-bond acceptors (Lipinski definition) is 3. The molecule has 0 radical (unpaired) electrons. The molecular formula is C21H14ClF3N4O2. The van der Waals surface area contributed by atoms with Crippen molar-refractivity contribution >= 4 is 34.4 Å². The molecule has 158 valence electrons. The second kappa shape index (κ2) is 7.92. The van der Waals surface area contributed by atoms with Crippen LogP contribution in [0, 0.1) is 0 Å². The highest BCUT2D eigenvalue weighted by molar-refractivity contribution is 6.31. The maximum absolute atomic E-state index is 13.2. The van der Waals surface area contributed by atoms with E-state index in [0.29, 0.717) is 16.9 Å². The van der Waals surface area contributed by atoms with Crippen LogP contribution in [0.2, 0.25) is 5.02 Å². The zero-order valence-corrected chi connectivity index (χ0v) is 16.4. The first-order valence-corrected chi connectivity index (χ1v) is 9.36. The number of aromatic amines is 1. The standard InChI is InChI=1S/C21H14ClF3N4O2/c22-17-6-5-14(9-16(17)21(23,24)25)29(20(30)31)10-12-1-3-13(4-2-12)18-15-7-8-26-19(15)28-11-27-18/h1-9,11H,10H2,(H,30,31)(H,26,27,28). The average molecular weight is 447 g/mol. The molecule has 0 aliphatic heterocycles. The number of nitrogens with zero attached hydrogens (tertiary/aromatic N) is 3. The van der Waals surface area contributed by atoms with Crippen molar-refractivity contribution < 1.29 is 23.1 Å². The number of amides is 1. The number of halogens is 4. The van der Waals surface area contributed by atoms with E-state index in [4.69, 9.17) is 11.6 Å². The Morgan fingerprint density at radius 2 is 1.84 bits per heavy atom. The number of alkyl halides is 3. The van der Waals surface area contributed by atoms with Crippen LogP contribution in [-0.2, 0) is 12.7 Å². The molecule has 2 heterocycles. The Labute approximate surface area is 178 Å². The molecule has 0 aliphatic rings. The molecule has 10 heteroatoms. The second-order valence-corrected chi connectivity index (χ2v) is 7.10. The fourth-order valence-electron chi connectivity index (χ4n) is 3.22. The number of fused-ring (bicyclic) bond motifs is 1. The quantitative estimate of drug-likeness (QED) is 0.404. The molecule has 0 bridgehead atoms. The summed E-state index contributed by atoms with van der Waals surface area (Å²) < 4.78 is 39.5. The Bertz CT molecular complexity index is 1260. The summed E-state index contributed by atoms with van der Waals surface area (Å²) in [4.78, 5) is 24.0. The number of benzene rings is 2. The summed E-state index contributed by atoms with van der Waals surface area (Å²) in [5, 5.41) is 9.91. The molecule has 0 saturated heterocycles. The number of hydrogen-bond donors (Lipinski definition) is 2. The van der Waals surface area contributed by atoms with Gasteiger partial charge in [-0.3, -0.25) is 4.90 Å². The number of carbonyl (C=O) groups is 1. The van der Waals surface area contributed by atoms with Crippen molar-refractivity contribution in [3.63, 3.8) is 0 Å². The molecule has 4 rings (SSSR count). The zero-order valence-electron chi connectivity index (χ0n) is 15.7. The van der Waals surface area contributed by atoms with Crippen molar-refractivity contribution in [3.8, 4) is 11.3 Å². The van der Waals surface area contributed by atoms with E-state index in [2.05, 4.69) is 15.0 Å². The van der Waals surface area contributed by atoms with Crippen molar-refractivity contribution in [2.75, 3.05) is 4.90 Å². The van der Waals surface area contributed by atoms with E-state index < -0.39 is 22.9 Å². The normalized spacial score (nSPS) is 11.6. The van der Waals surface area contributed by atoms with Crippen LogP contribution in [0.3, 0.4) is 0 Å². The van der Waals surface area contributed by atoms with Crippen LogP contribution in [0.15, 0.2) is 61.1 Å². The Morgan fingerprint density at radius 1 is 1.10 bits per heavy atom. The molecule has 6 nitrogen and oxygen atoms in total. The van der Waals surface area contributed by atoms with Gasteiger partial charge in [0.2, 0.25) is 0 Å². The monoisotopic (exact) mass is 446 g/mol. The minimum atomic E-state index is -4.69. The molecule has 2 aromatic carbocycles. The van der Waals surface area contributed by atoms with Gasteiger partial charge in [0.1, 0.15) is 12.0 Å². The third kappa shape index (κ3) is 4.17. The Morgan fingerprint density at radius 3 is 2.52 bits per heavy atom. The predicted molar refractivity (Wildman–Crippen MR) is 110 cm³/mol. The molecule has 0 spiro atoms. The highest BCUT2D eigenvalue weighted by Gasteiger charge is 2.34. The zero-order chi connectivity index (χ0) is 22.2. The minimum Gasteiger partial charge on any atom is -0.465 e. The third-order valence-electron chi connectivity index (χ3n) is 4.72. The summed E-state index contributed by atoms with van der Waals surface area (Å²) in [6.07, 6.45) is -2.89. The molecule has 0 aliphatic carbocycles. The SMILES string of the molecule is O=C(O)N(Cc1ccc(-c2ncnc3[nH]ccc23)cc1)c1ccc(Cl)c(C(F)(F)F)c1. The van der Waals surface area contributed by atoms with Gasteiger partial charge in [0.25, 0.3) is 0 Å². The molecule has 4 aromatic rings. The van der Waals surface area contributed by atoms with E-state index in [1.165, 1.54) is 12.4 Å². The predicted octanol–water partition coefficient (Wildman–Crippen LogP) is 5.98. The van der Waals surface area contributed by atoms with Crippen LogP contribution < -0.4 is 4.90 Å². The molecule has 31 heavy (non-hydrogen) atoms. The van der Waals surface area contributed by atoms with E-state index in [-0.39, 0.29) is 12.2 Å². The average Bonchev–Trinajstić information content (AvgIpc) is 3.21. The van der Waals surface area contributed by atoms with Crippen LogP contribution in [0.5, 0.6) is 0 Å². The van der Waals surface area contributed by atoms with E-state index in [0.717, 1.165) is 28.0 Å². The highest BCUT2D eigenvalue weighted by Crippen LogP contribution is 2.37. The van der Waals surface area contributed by atoms with E-state index in [1.807, 2.05) is 6.07 Å². The molecule has 1 amide bonds. The summed E-state index contributed by atoms with van der Waals surface area (Å²) in [6.45, 7) is -0.141. The molecular weight excluding hydrogens is 433 g/mol. The lowest BCUT2D eigenvalue weighted by Crippen LogP contribution is -2.28. The van der Waals surface area contributed by atoms with Crippen molar-refractivity contribution in [3.05, 3.63) is 77.2 Å². The Balaban J connectivity index is 1.63. The number of nitrogens with one attached hydrogen (secondary N) is 1. The first-order chi connectivity index (χ1) is 14.7. The summed E-state index contributed by atoms with van der Waals surface area (Å²) in [5.41, 5.74) is 1.57. The number of anilines is 1. The molecule has 0 saturated carbocycles. The maximum atomic E-state index is 13.2. The maximum Gasteiger partial charge on any atom is 0.417 e. The summed E-state index contributed by atoms with van der Waals surface area (Å²) >= 11 is 5.64. The molecule has 0 fully saturated rings. The van der Waals surface area contributed by atoms with Crippen molar-refractivity contribution in [1.29, 1.82) is 0 Å². The number of rotatable bonds is 4. The van der Waals surface area contributed by atoms with Gasteiger partial charge in [-0.2, -0.15) is 13.2 Å². The number of H-pyrrole nitrogens is 1. The van der Waals surface area contributed by atoms with Gasteiger partial charge in [-0.05, 0) is 29.8 Å². The van der Waals surface area contributed by atoms with Gasteiger partial charge in [-0.1, -0.05) is 35.9 Å². The number of carboxylic acid groups (broad SMARTS) is 1. The topological polar surface area (TPSA) is 82.1 Å². The van der Waals surface area contributed by atoms with Gasteiger partial charge in [0.05, 0.1) is 22.8 Å². The van der Waals surface area contributed by atoms with Crippen LogP contribution in [0.4, 0.5) is 23.7 Å². The largest absolute Gasteiger partial charge is 0.465 e. The third-order valence-corrected chi connectivity index (χ3v) is 5.05. The fourth-order valence-corrected chi connectivity index (χ4v) is 3.45. The smallest absolute Gasteiger partial charge is 0.417 e. The Hall–Kier alpha value is -3.59. The summed E-state index contributed by atoms with van der Waals surface area (Å²) in [7, 11) is 0. The van der Waals surface area contributed by atoms with Crippen LogP contribution in [0.25, 0.3) is 22.3 Å². The fraction of sp³-hybridized carbons (Fsp3) is 0.0952. The first kappa shape index (κ1) is 20.7. The molecule has 0 unspecified atom stereocenters. The van der Waals surface area contributed by atoms with E-state index in [1.54, 1.807) is 30.5 Å². The van der Waals surface area contributed by atoms with Crippen molar-refractivity contribution in [2.45, 2.75) is 12.7 Å². The molecule has 2 aromatic heterocycles. The van der Waals surface area contributed by atoms with Gasteiger partial charge in [-0.25, -0.2) is 14.8 Å². The summed E-state index contributed by atoms with van der Waals surface area (Å²) in [5.74, 6) is 0. The first-order valence-electron chi connectivity index (χ1n) is 8.98. The van der Waals surface area contributed by atoms with Gasteiger partial charge < -0.3 is 10.1 Å². The van der Waals surface area contributed by atoms with Gasteiger partial charge >= 0.3 is 12.3 Å². The van der Waals surface area contributed by atoms with Crippen molar-refractivity contribution in [1.82, 2.24) is 15.0 Å². The lowest BCUT2D eigenvalue weighted by Gasteiger charge is -2.21. The van der Waals surface area contributed by atoms with E-state index >= 15 is 0 Å². The van der Waals surface area contributed by atoms with Crippen LogP contribution >= 0.6 is 11.6 Å². The summed E-state index contributed by atoms with van der Waals surface area (Å²) in [6, 6.07) is 11.8. The van der Waals surface area contributed by atoms with Gasteiger partial charge in [-0.15, -0.1) is 0 Å². The van der Waals surface area contributed by atoms with Crippen molar-refractivity contribution in [2.24, 2.45) is 0 Å². The lowest BCUT2D eigenvalue weighted by atomic mass is 10.1. The minimum absolute atomic E-state index is 0.127. The molecule has 0 atom stereocenters. The second-order valence-electron chi connectivity index (χ2n) is 6.69.